The van der Waals surface area contributed by atoms with Crippen LogP contribution < -0.4 is 4.74 Å². The highest BCUT2D eigenvalue weighted by Crippen LogP contribution is 2.44. The number of carbonyl (C=O) groups is 1. The summed E-state index contributed by atoms with van der Waals surface area (Å²) in [6.07, 6.45) is -4.69. The third-order valence-electron chi connectivity index (χ3n) is 4.18. The Morgan fingerprint density at radius 3 is 2.21 bits per heavy atom. The van der Waals surface area contributed by atoms with Gasteiger partial charge in [-0.15, -0.1) is 0 Å². The van der Waals surface area contributed by atoms with Gasteiger partial charge in [0.15, 0.2) is 0 Å². The number of rotatable bonds is 4. The molecule has 0 aromatic heterocycles. The molecule has 0 fully saturated rings. The molecule has 0 aliphatic carbocycles. The number of ether oxygens (including phenoxy) is 1. The second kappa shape index (κ2) is 8.21. The summed E-state index contributed by atoms with van der Waals surface area (Å²) in [6, 6.07) is 16.2. The fourth-order valence-corrected chi connectivity index (χ4v) is 4.15. The molecule has 3 rings (SSSR count). The largest absolute Gasteiger partial charge is 0.426 e. The molecule has 3 nitrogen and oxygen atoms in total. The number of para-hydroxylation sites is 1. The number of benzene rings is 3. The van der Waals surface area contributed by atoms with Gasteiger partial charge in [-0.05, 0) is 37.3 Å². The smallest absolute Gasteiger partial charge is 0.417 e. The van der Waals surface area contributed by atoms with E-state index in [2.05, 4.69) is 0 Å². The molecule has 0 amide bonds. The van der Waals surface area contributed by atoms with Crippen molar-refractivity contribution < 1.29 is 26.9 Å². The molecule has 0 saturated carbocycles. The van der Waals surface area contributed by atoms with E-state index in [4.69, 9.17) is 4.74 Å². The Morgan fingerprint density at radius 1 is 0.931 bits per heavy atom. The maximum absolute atomic E-state index is 13.8. The third kappa shape index (κ3) is 4.56. The molecule has 0 spiro atoms. The number of halogens is 3. The Bertz CT molecular complexity index is 1070. The standard InChI is InChI=1S/C22H17F3O3S/c1-14-10-12-16(13-11-14)29(27)20-9-5-7-18(22(23,24)25)21(20)17-6-3-4-8-19(17)28-15(2)26/h3-13H,1-2H3/t29-/m0/s1. The number of hydrogen-bond donors (Lipinski definition) is 0. The molecule has 0 saturated heterocycles. The van der Waals surface area contributed by atoms with Gasteiger partial charge in [0, 0.05) is 22.9 Å². The van der Waals surface area contributed by atoms with Gasteiger partial charge in [-0.3, -0.25) is 4.79 Å². The van der Waals surface area contributed by atoms with Gasteiger partial charge in [-0.25, -0.2) is 4.21 Å². The van der Waals surface area contributed by atoms with Crippen LogP contribution in [0.1, 0.15) is 18.1 Å². The van der Waals surface area contributed by atoms with E-state index in [0.717, 1.165) is 18.6 Å². The molecule has 0 aliphatic heterocycles. The van der Waals surface area contributed by atoms with E-state index in [0.29, 0.717) is 4.90 Å². The molecule has 29 heavy (non-hydrogen) atoms. The number of esters is 1. The van der Waals surface area contributed by atoms with Crippen molar-refractivity contribution in [1.82, 2.24) is 0 Å². The van der Waals surface area contributed by atoms with Gasteiger partial charge in [0.1, 0.15) is 5.75 Å². The zero-order chi connectivity index (χ0) is 21.2. The van der Waals surface area contributed by atoms with E-state index in [9.17, 15) is 22.2 Å². The quantitative estimate of drug-likeness (QED) is 0.399. The van der Waals surface area contributed by atoms with Crippen molar-refractivity contribution in [2.75, 3.05) is 0 Å². The summed E-state index contributed by atoms with van der Waals surface area (Å²) in [4.78, 5) is 11.8. The monoisotopic (exact) mass is 418 g/mol. The lowest BCUT2D eigenvalue weighted by Crippen LogP contribution is -2.11. The maximum Gasteiger partial charge on any atom is 0.417 e. The van der Waals surface area contributed by atoms with Gasteiger partial charge in [0.2, 0.25) is 0 Å². The fraction of sp³-hybridized carbons (Fsp3) is 0.136. The zero-order valence-corrected chi connectivity index (χ0v) is 16.4. The Balaban J connectivity index is 2.29. The van der Waals surface area contributed by atoms with Gasteiger partial charge in [-0.2, -0.15) is 13.2 Å². The van der Waals surface area contributed by atoms with Crippen molar-refractivity contribution in [3.05, 3.63) is 77.9 Å². The third-order valence-corrected chi connectivity index (χ3v) is 5.62. The Hall–Kier alpha value is -2.93. The van der Waals surface area contributed by atoms with Crippen LogP contribution in [0.4, 0.5) is 13.2 Å². The molecule has 3 aromatic carbocycles. The molecular formula is C22H17F3O3S. The van der Waals surface area contributed by atoms with Crippen LogP contribution in [0.3, 0.4) is 0 Å². The minimum Gasteiger partial charge on any atom is -0.426 e. The summed E-state index contributed by atoms with van der Waals surface area (Å²) >= 11 is 0. The Labute approximate surface area is 168 Å². The molecule has 1 atom stereocenters. The van der Waals surface area contributed by atoms with Crippen LogP contribution in [0.25, 0.3) is 11.1 Å². The van der Waals surface area contributed by atoms with Gasteiger partial charge in [0.25, 0.3) is 0 Å². The van der Waals surface area contributed by atoms with Gasteiger partial charge >= 0.3 is 12.1 Å². The van der Waals surface area contributed by atoms with Crippen molar-refractivity contribution in [3.8, 4) is 16.9 Å². The number of aryl methyl sites for hydroxylation is 1. The van der Waals surface area contributed by atoms with Crippen molar-refractivity contribution in [1.29, 1.82) is 0 Å². The Morgan fingerprint density at radius 2 is 1.59 bits per heavy atom. The second-order valence-corrected chi connectivity index (χ2v) is 7.80. The van der Waals surface area contributed by atoms with Crippen molar-refractivity contribution in [2.45, 2.75) is 29.8 Å². The molecule has 0 aliphatic rings. The lowest BCUT2D eigenvalue weighted by molar-refractivity contribution is -0.137. The predicted octanol–water partition coefficient (Wildman–Crippen LogP) is 5.77. The van der Waals surface area contributed by atoms with E-state index < -0.39 is 28.5 Å². The van der Waals surface area contributed by atoms with Crippen molar-refractivity contribution >= 4 is 16.8 Å². The Kier molecular flexibility index (Phi) is 5.88. The summed E-state index contributed by atoms with van der Waals surface area (Å²) in [5.41, 5.74) is -0.230. The molecule has 0 radical (unpaired) electrons. The molecule has 0 N–H and O–H groups in total. The molecule has 150 valence electrons. The number of carbonyl (C=O) groups excluding carboxylic acids is 1. The van der Waals surface area contributed by atoms with Gasteiger partial charge < -0.3 is 4.74 Å². The van der Waals surface area contributed by atoms with E-state index in [-0.39, 0.29) is 21.8 Å². The summed E-state index contributed by atoms with van der Waals surface area (Å²) in [7, 11) is -1.87. The van der Waals surface area contributed by atoms with Crippen LogP contribution in [-0.2, 0) is 21.8 Å². The fourth-order valence-electron chi connectivity index (χ4n) is 2.91. The first kappa shape index (κ1) is 20.8. The minimum absolute atomic E-state index is 0.0109. The highest BCUT2D eigenvalue weighted by molar-refractivity contribution is 7.85. The predicted molar refractivity (Wildman–Crippen MR) is 104 cm³/mol. The van der Waals surface area contributed by atoms with Crippen molar-refractivity contribution in [2.24, 2.45) is 0 Å². The average molecular weight is 418 g/mol. The van der Waals surface area contributed by atoms with Crippen LogP contribution in [0, 0.1) is 6.92 Å². The lowest BCUT2D eigenvalue weighted by atomic mass is 9.98. The van der Waals surface area contributed by atoms with Crippen LogP contribution in [-0.4, -0.2) is 10.2 Å². The summed E-state index contributed by atoms with van der Waals surface area (Å²) in [6.45, 7) is 3.02. The molecule has 7 heteroatoms. The van der Waals surface area contributed by atoms with E-state index in [1.807, 2.05) is 6.92 Å². The molecule has 0 heterocycles. The van der Waals surface area contributed by atoms with Gasteiger partial charge in [0.05, 0.1) is 21.3 Å². The maximum atomic E-state index is 13.8. The number of alkyl halides is 3. The summed E-state index contributed by atoms with van der Waals surface area (Å²) in [5, 5.41) is 0. The zero-order valence-electron chi connectivity index (χ0n) is 15.6. The SMILES string of the molecule is CC(=O)Oc1ccccc1-c1c([S@@](=O)c2ccc(C)cc2)cccc1C(F)(F)F. The lowest BCUT2D eigenvalue weighted by Gasteiger charge is -2.19. The van der Waals surface area contributed by atoms with E-state index in [1.54, 1.807) is 30.3 Å². The molecular weight excluding hydrogens is 401 g/mol. The highest BCUT2D eigenvalue weighted by Gasteiger charge is 2.36. The molecule has 0 unspecified atom stereocenters. The molecule has 3 aromatic rings. The van der Waals surface area contributed by atoms with Crippen LogP contribution in [0.15, 0.2) is 76.5 Å². The summed E-state index contributed by atoms with van der Waals surface area (Å²) in [5.74, 6) is -0.693. The normalized spacial score (nSPS) is 12.4. The second-order valence-electron chi connectivity index (χ2n) is 6.35. The first-order chi connectivity index (χ1) is 13.7. The summed E-state index contributed by atoms with van der Waals surface area (Å²) < 4.78 is 59.8. The van der Waals surface area contributed by atoms with E-state index in [1.165, 1.54) is 30.3 Å². The van der Waals surface area contributed by atoms with Crippen LogP contribution in [0.5, 0.6) is 5.75 Å². The van der Waals surface area contributed by atoms with Crippen molar-refractivity contribution in [3.63, 3.8) is 0 Å². The first-order valence-corrected chi connectivity index (χ1v) is 9.80. The van der Waals surface area contributed by atoms with Gasteiger partial charge in [-0.1, -0.05) is 42.0 Å². The van der Waals surface area contributed by atoms with E-state index >= 15 is 0 Å². The highest BCUT2D eigenvalue weighted by atomic mass is 32.2. The number of hydrogen-bond acceptors (Lipinski definition) is 3. The van der Waals surface area contributed by atoms with Crippen LogP contribution >= 0.6 is 0 Å². The molecule has 0 bridgehead atoms. The minimum atomic E-state index is -4.69. The van der Waals surface area contributed by atoms with Crippen LogP contribution in [0.2, 0.25) is 0 Å². The first-order valence-electron chi connectivity index (χ1n) is 8.65. The average Bonchev–Trinajstić information content (AvgIpc) is 2.67. The topological polar surface area (TPSA) is 43.4 Å².